The summed E-state index contributed by atoms with van der Waals surface area (Å²) in [6.45, 7) is 1.08. The number of amides is 2. The molecule has 2 N–H and O–H groups in total. The van der Waals surface area contributed by atoms with E-state index in [1.165, 1.54) is 35.9 Å². The fourth-order valence-electron chi connectivity index (χ4n) is 3.70. The van der Waals surface area contributed by atoms with Gasteiger partial charge in [-0.05, 0) is 42.5 Å². The highest BCUT2D eigenvalue weighted by molar-refractivity contribution is 5.96. The molecule has 1 saturated carbocycles. The van der Waals surface area contributed by atoms with Crippen LogP contribution in [-0.4, -0.2) is 34.8 Å². The Bertz CT molecular complexity index is 931. The van der Waals surface area contributed by atoms with Crippen LogP contribution in [0.1, 0.15) is 56.9 Å². The Morgan fingerprint density at radius 1 is 1.21 bits per heavy atom. The normalized spacial score (nSPS) is 16.4. The van der Waals surface area contributed by atoms with E-state index in [4.69, 9.17) is 0 Å². The lowest BCUT2D eigenvalue weighted by Crippen LogP contribution is -2.36. The van der Waals surface area contributed by atoms with E-state index in [0.29, 0.717) is 30.9 Å². The van der Waals surface area contributed by atoms with Gasteiger partial charge in [-0.3, -0.25) is 9.59 Å². The summed E-state index contributed by atoms with van der Waals surface area (Å²) in [6.07, 6.45) is -0.665. The zero-order valence-electron chi connectivity index (χ0n) is 15.8. The van der Waals surface area contributed by atoms with Crippen LogP contribution in [-0.2, 0) is 19.1 Å². The second-order valence-corrected chi connectivity index (χ2v) is 7.69. The van der Waals surface area contributed by atoms with Gasteiger partial charge < -0.3 is 15.2 Å². The number of carbonyl (C=O) groups excluding carboxylic acids is 2. The van der Waals surface area contributed by atoms with Gasteiger partial charge >= 0.3 is 6.18 Å². The Kier molecular flexibility index (Phi) is 5.10. The van der Waals surface area contributed by atoms with Crippen LogP contribution in [0.25, 0.3) is 0 Å². The van der Waals surface area contributed by atoms with Crippen molar-refractivity contribution in [2.45, 2.75) is 38.4 Å². The molecule has 0 atom stereocenters. The van der Waals surface area contributed by atoms with Gasteiger partial charge in [0, 0.05) is 18.8 Å². The van der Waals surface area contributed by atoms with Gasteiger partial charge in [-0.25, -0.2) is 0 Å². The summed E-state index contributed by atoms with van der Waals surface area (Å²) in [6, 6.07) is 6.59. The van der Waals surface area contributed by atoms with Gasteiger partial charge in [0.25, 0.3) is 11.8 Å². The van der Waals surface area contributed by atoms with Crippen molar-refractivity contribution in [1.82, 2.24) is 15.2 Å². The molecule has 0 spiro atoms. The molecule has 2 aromatic rings. The molecule has 5 nitrogen and oxygen atoms in total. The molecule has 2 aliphatic rings. The molecule has 1 aromatic heterocycles. The molecule has 8 heteroatoms. The monoisotopic (exact) mass is 405 g/mol. The number of hydrogen-bond donors (Lipinski definition) is 2. The Morgan fingerprint density at radius 3 is 2.69 bits per heavy atom. The second-order valence-electron chi connectivity index (χ2n) is 7.69. The maximum atomic E-state index is 13.2. The minimum atomic E-state index is -4.59. The van der Waals surface area contributed by atoms with Crippen LogP contribution in [0.5, 0.6) is 0 Å². The summed E-state index contributed by atoms with van der Waals surface area (Å²) in [5.41, 5.74) is 0.758. The minimum Gasteiger partial charge on any atom is -0.353 e. The highest BCUT2D eigenvalue weighted by Crippen LogP contribution is 2.33. The first-order valence-corrected chi connectivity index (χ1v) is 9.77. The van der Waals surface area contributed by atoms with E-state index in [1.807, 2.05) is 0 Å². The molecule has 1 aliphatic heterocycles. The first-order valence-electron chi connectivity index (χ1n) is 9.77. The Labute approximate surface area is 166 Å². The largest absolute Gasteiger partial charge is 0.417 e. The first-order chi connectivity index (χ1) is 13.8. The molecule has 4 rings (SSSR count). The molecule has 0 saturated heterocycles. The highest BCUT2D eigenvalue weighted by atomic mass is 19.4. The van der Waals surface area contributed by atoms with Crippen LogP contribution in [0.15, 0.2) is 30.3 Å². The van der Waals surface area contributed by atoms with E-state index >= 15 is 0 Å². The number of carbonyl (C=O) groups is 2. The van der Waals surface area contributed by atoms with Crippen molar-refractivity contribution in [2.24, 2.45) is 5.92 Å². The molecule has 2 amide bonds. The number of nitrogens with one attached hydrogen (secondary N) is 2. The molecule has 1 aliphatic carbocycles. The topological polar surface area (TPSA) is 65.2 Å². The fourth-order valence-corrected chi connectivity index (χ4v) is 3.70. The summed E-state index contributed by atoms with van der Waals surface area (Å²) in [5, 5.41) is 2.89. The van der Waals surface area contributed by atoms with Crippen molar-refractivity contribution < 1.29 is 22.8 Å². The maximum Gasteiger partial charge on any atom is 0.417 e. The van der Waals surface area contributed by atoms with Crippen molar-refractivity contribution >= 4 is 11.8 Å². The smallest absolute Gasteiger partial charge is 0.353 e. The highest BCUT2D eigenvalue weighted by Gasteiger charge is 2.36. The number of H-pyrrole nitrogens is 1. The lowest BCUT2D eigenvalue weighted by atomic mass is 10.0. The average molecular weight is 405 g/mol. The van der Waals surface area contributed by atoms with Crippen molar-refractivity contribution in [3.05, 3.63) is 58.4 Å². The molecule has 2 heterocycles. The third-order valence-corrected chi connectivity index (χ3v) is 5.52. The van der Waals surface area contributed by atoms with Gasteiger partial charge in [0.05, 0.1) is 17.7 Å². The average Bonchev–Trinajstić information content (AvgIpc) is 3.42. The van der Waals surface area contributed by atoms with E-state index in [1.54, 1.807) is 6.07 Å². The van der Waals surface area contributed by atoms with E-state index < -0.39 is 17.6 Å². The number of aromatic nitrogens is 1. The predicted octanol–water partition coefficient (Wildman–Crippen LogP) is 3.76. The van der Waals surface area contributed by atoms with Gasteiger partial charge in [0.2, 0.25) is 0 Å². The van der Waals surface area contributed by atoms with Crippen LogP contribution in [0.4, 0.5) is 13.2 Å². The molecular weight excluding hydrogens is 383 g/mol. The zero-order valence-corrected chi connectivity index (χ0v) is 15.8. The Hall–Kier alpha value is -2.77. The summed E-state index contributed by atoms with van der Waals surface area (Å²) >= 11 is 0. The van der Waals surface area contributed by atoms with Crippen molar-refractivity contribution in [2.75, 3.05) is 13.1 Å². The van der Waals surface area contributed by atoms with Gasteiger partial charge in [-0.1, -0.05) is 25.0 Å². The third-order valence-electron chi connectivity index (χ3n) is 5.52. The maximum absolute atomic E-state index is 13.2. The zero-order chi connectivity index (χ0) is 20.6. The number of alkyl halides is 3. The van der Waals surface area contributed by atoms with Crippen LogP contribution in [0.2, 0.25) is 0 Å². The van der Waals surface area contributed by atoms with Crippen molar-refractivity contribution in [1.29, 1.82) is 0 Å². The van der Waals surface area contributed by atoms with Gasteiger partial charge in [0.1, 0.15) is 5.69 Å². The van der Waals surface area contributed by atoms with Gasteiger partial charge in [-0.2, -0.15) is 13.2 Å². The lowest BCUT2D eigenvalue weighted by molar-refractivity contribution is -0.138. The number of aromatic amines is 1. The molecule has 29 heavy (non-hydrogen) atoms. The number of rotatable bonds is 5. The summed E-state index contributed by atoms with van der Waals surface area (Å²) in [5.74, 6) is -0.125. The van der Waals surface area contributed by atoms with Crippen LogP contribution >= 0.6 is 0 Å². The number of hydrogen-bond acceptors (Lipinski definition) is 2. The van der Waals surface area contributed by atoms with Crippen LogP contribution in [0.3, 0.4) is 0 Å². The van der Waals surface area contributed by atoms with Gasteiger partial charge in [-0.15, -0.1) is 0 Å². The van der Waals surface area contributed by atoms with Crippen molar-refractivity contribution in [3.8, 4) is 0 Å². The molecule has 1 fully saturated rings. The molecule has 0 unspecified atom stereocenters. The number of nitrogens with zero attached hydrogens (tertiary/aromatic N) is 1. The van der Waals surface area contributed by atoms with E-state index in [-0.39, 0.29) is 18.0 Å². The number of halogens is 3. The quantitative estimate of drug-likeness (QED) is 0.796. The summed E-state index contributed by atoms with van der Waals surface area (Å²) < 4.78 is 39.7. The first kappa shape index (κ1) is 19.5. The number of benzene rings is 1. The Morgan fingerprint density at radius 2 is 1.97 bits per heavy atom. The minimum absolute atomic E-state index is 0.149. The fraction of sp³-hybridized carbons (Fsp3) is 0.429. The van der Waals surface area contributed by atoms with Crippen LogP contribution in [0, 0.1) is 5.92 Å². The third kappa shape index (κ3) is 4.31. The molecule has 0 bridgehead atoms. The second kappa shape index (κ2) is 7.57. The SMILES string of the molecule is O=C(NCCC1CC1)c1cc2c([nH]1)CN(C(=O)c1ccccc1C(F)(F)F)CC2. The predicted molar refractivity (Wildman–Crippen MR) is 100 cm³/mol. The van der Waals surface area contributed by atoms with Gasteiger partial charge in [0.15, 0.2) is 0 Å². The lowest BCUT2D eigenvalue weighted by Gasteiger charge is -2.28. The molecule has 154 valence electrons. The van der Waals surface area contributed by atoms with Crippen molar-refractivity contribution in [3.63, 3.8) is 0 Å². The van der Waals surface area contributed by atoms with Crippen LogP contribution < -0.4 is 5.32 Å². The summed E-state index contributed by atoms with van der Waals surface area (Å²) in [4.78, 5) is 29.5. The number of fused-ring (bicyclic) bond motifs is 1. The van der Waals surface area contributed by atoms with E-state index in [9.17, 15) is 22.8 Å². The molecular formula is C21H22F3N3O2. The standard InChI is InChI=1S/C21H22F3N3O2/c22-21(23,24)16-4-2-1-3-15(16)20(29)27-10-8-14-11-17(26-18(14)12-27)19(28)25-9-7-13-5-6-13/h1-4,11,13,26H,5-10,12H2,(H,25,28). The molecule has 1 aromatic carbocycles. The molecule has 0 radical (unpaired) electrons. The van der Waals surface area contributed by atoms with E-state index in [0.717, 1.165) is 24.0 Å². The summed E-state index contributed by atoms with van der Waals surface area (Å²) in [7, 11) is 0. The van der Waals surface area contributed by atoms with E-state index in [2.05, 4.69) is 10.3 Å². The Balaban J connectivity index is 1.45.